The lowest BCUT2D eigenvalue weighted by Crippen LogP contribution is -2.67. The maximum absolute atomic E-state index is 13.7. The van der Waals surface area contributed by atoms with Crippen molar-refractivity contribution in [2.45, 2.75) is 56.8 Å². The number of hydrogen-bond donors (Lipinski definition) is 1. The molecule has 0 saturated carbocycles. The van der Waals surface area contributed by atoms with Gasteiger partial charge in [0.2, 0.25) is 5.91 Å². The van der Waals surface area contributed by atoms with Crippen LogP contribution in [0.15, 0.2) is 35.8 Å². The second-order valence-corrected chi connectivity index (χ2v) is 10.3. The van der Waals surface area contributed by atoms with Crippen LogP contribution in [0.4, 0.5) is 0 Å². The molecule has 2 amide bonds. The minimum atomic E-state index is -0.534. The minimum Gasteiger partial charge on any atom is -0.377 e. The predicted octanol–water partition coefficient (Wildman–Crippen LogP) is 2.64. The third-order valence-corrected chi connectivity index (χ3v) is 7.83. The third kappa shape index (κ3) is 3.64. The molecule has 2 saturated heterocycles. The molecular formula is C24H30N4O3S. The van der Waals surface area contributed by atoms with E-state index in [2.05, 4.69) is 29.0 Å². The van der Waals surface area contributed by atoms with Crippen molar-refractivity contribution in [1.29, 1.82) is 0 Å². The lowest BCUT2D eigenvalue weighted by atomic mass is 9.66. The van der Waals surface area contributed by atoms with Crippen molar-refractivity contribution in [2.24, 2.45) is 0 Å². The summed E-state index contributed by atoms with van der Waals surface area (Å²) >= 11 is 1.67. The Morgan fingerprint density at radius 3 is 2.66 bits per heavy atom. The van der Waals surface area contributed by atoms with Crippen LogP contribution >= 0.6 is 11.3 Å². The number of rotatable bonds is 5. The lowest BCUT2D eigenvalue weighted by molar-refractivity contribution is -0.132. The summed E-state index contributed by atoms with van der Waals surface area (Å²) in [6, 6.07) is 7.72. The molecule has 3 aliphatic rings. The van der Waals surface area contributed by atoms with Crippen LogP contribution in [-0.2, 0) is 16.1 Å². The molecule has 2 aromatic rings. The van der Waals surface area contributed by atoms with Crippen LogP contribution in [-0.4, -0.2) is 70.5 Å². The molecule has 1 atom stereocenters. The number of hydrogen-bond acceptors (Lipinski definition) is 6. The molecule has 1 aromatic carbocycles. The number of aromatic nitrogens is 1. The van der Waals surface area contributed by atoms with E-state index in [1.54, 1.807) is 11.3 Å². The van der Waals surface area contributed by atoms with Gasteiger partial charge in [-0.15, -0.1) is 11.3 Å². The Labute approximate surface area is 192 Å². The largest absolute Gasteiger partial charge is 0.377 e. The second-order valence-electron chi connectivity index (χ2n) is 9.34. The lowest BCUT2D eigenvalue weighted by Gasteiger charge is -2.56. The summed E-state index contributed by atoms with van der Waals surface area (Å²) in [5.74, 6) is -0.335. The van der Waals surface area contributed by atoms with Gasteiger partial charge in [0.15, 0.2) is 0 Å². The van der Waals surface area contributed by atoms with E-state index in [0.717, 1.165) is 43.0 Å². The fourth-order valence-corrected chi connectivity index (χ4v) is 6.25. The Hall–Kier alpha value is -2.29. The molecule has 32 heavy (non-hydrogen) atoms. The normalized spacial score (nSPS) is 23.3. The van der Waals surface area contributed by atoms with E-state index in [4.69, 9.17) is 4.74 Å². The molecule has 4 heterocycles. The van der Waals surface area contributed by atoms with Gasteiger partial charge in [-0.05, 0) is 38.3 Å². The number of fused-ring (bicyclic) bond motifs is 1. The van der Waals surface area contributed by atoms with Crippen LogP contribution < -0.4 is 5.32 Å². The number of carbonyl (C=O) groups excluding carboxylic acids is 2. The van der Waals surface area contributed by atoms with Crippen molar-refractivity contribution in [3.63, 3.8) is 0 Å². The molecule has 0 bridgehead atoms. The van der Waals surface area contributed by atoms with Gasteiger partial charge in [-0.2, -0.15) is 0 Å². The van der Waals surface area contributed by atoms with Crippen molar-refractivity contribution < 1.29 is 14.3 Å². The molecule has 8 heteroatoms. The fourth-order valence-electron chi connectivity index (χ4n) is 5.59. The first kappa shape index (κ1) is 21.6. The van der Waals surface area contributed by atoms with Crippen molar-refractivity contribution in [1.82, 2.24) is 20.1 Å². The van der Waals surface area contributed by atoms with Gasteiger partial charge < -0.3 is 15.0 Å². The van der Waals surface area contributed by atoms with Crippen LogP contribution in [0.25, 0.3) is 0 Å². The Kier molecular flexibility index (Phi) is 5.77. The molecule has 7 nitrogen and oxygen atoms in total. The van der Waals surface area contributed by atoms with E-state index in [1.807, 2.05) is 40.7 Å². The number of ether oxygens (including phenoxy) is 1. The van der Waals surface area contributed by atoms with Crippen LogP contribution in [0.2, 0.25) is 0 Å². The SMILES string of the molecule is CC(C)N1C(=O)c2ccccc2C(C(=O)NC2COC2)C12CCN(Cc1nccs1)CC2. The molecule has 5 rings (SSSR count). The molecule has 1 spiro atoms. The van der Waals surface area contributed by atoms with E-state index in [-0.39, 0.29) is 29.8 Å². The summed E-state index contributed by atoms with van der Waals surface area (Å²) in [6.45, 7) is 7.71. The maximum Gasteiger partial charge on any atom is 0.254 e. The summed E-state index contributed by atoms with van der Waals surface area (Å²) in [4.78, 5) is 36.2. The smallest absolute Gasteiger partial charge is 0.254 e. The highest BCUT2D eigenvalue weighted by Gasteiger charge is 2.56. The minimum absolute atomic E-state index is 0.00343. The Bertz CT molecular complexity index is 981. The molecule has 0 aliphatic carbocycles. The number of benzene rings is 1. The number of piperidine rings is 1. The summed E-state index contributed by atoms with van der Waals surface area (Å²) in [5.41, 5.74) is 0.982. The van der Waals surface area contributed by atoms with E-state index < -0.39 is 5.54 Å². The Morgan fingerprint density at radius 1 is 1.28 bits per heavy atom. The highest BCUT2D eigenvalue weighted by molar-refractivity contribution is 7.09. The topological polar surface area (TPSA) is 74.8 Å². The van der Waals surface area contributed by atoms with Crippen molar-refractivity contribution >= 4 is 23.2 Å². The van der Waals surface area contributed by atoms with E-state index in [9.17, 15) is 9.59 Å². The molecule has 1 N–H and O–H groups in total. The zero-order valence-electron chi connectivity index (χ0n) is 18.6. The maximum atomic E-state index is 13.7. The summed E-state index contributed by atoms with van der Waals surface area (Å²) < 4.78 is 5.28. The van der Waals surface area contributed by atoms with Crippen LogP contribution in [0, 0.1) is 0 Å². The molecule has 1 aromatic heterocycles. The molecule has 3 aliphatic heterocycles. The molecule has 0 radical (unpaired) electrons. The zero-order valence-corrected chi connectivity index (χ0v) is 19.4. The Morgan fingerprint density at radius 2 is 2.03 bits per heavy atom. The highest BCUT2D eigenvalue weighted by Crippen LogP contribution is 2.48. The van der Waals surface area contributed by atoms with Gasteiger partial charge in [0.05, 0.1) is 37.3 Å². The number of amides is 2. The first-order valence-electron chi connectivity index (χ1n) is 11.4. The van der Waals surface area contributed by atoms with Crippen molar-refractivity contribution in [2.75, 3.05) is 26.3 Å². The first-order chi connectivity index (χ1) is 15.5. The monoisotopic (exact) mass is 454 g/mol. The second kappa shape index (κ2) is 8.57. The first-order valence-corrected chi connectivity index (χ1v) is 12.3. The quantitative estimate of drug-likeness (QED) is 0.752. The Balaban J connectivity index is 1.50. The average Bonchev–Trinajstić information content (AvgIpc) is 3.25. The predicted molar refractivity (Wildman–Crippen MR) is 123 cm³/mol. The van der Waals surface area contributed by atoms with E-state index in [0.29, 0.717) is 18.8 Å². The number of nitrogens with one attached hydrogen (secondary N) is 1. The van der Waals surface area contributed by atoms with Gasteiger partial charge >= 0.3 is 0 Å². The van der Waals surface area contributed by atoms with Crippen molar-refractivity contribution in [3.05, 3.63) is 52.0 Å². The van der Waals surface area contributed by atoms with Gasteiger partial charge in [-0.25, -0.2) is 4.98 Å². The van der Waals surface area contributed by atoms with Crippen LogP contribution in [0.3, 0.4) is 0 Å². The van der Waals surface area contributed by atoms with Gasteiger partial charge in [0.1, 0.15) is 5.01 Å². The molecule has 170 valence electrons. The highest BCUT2D eigenvalue weighted by atomic mass is 32.1. The van der Waals surface area contributed by atoms with Gasteiger partial charge in [0.25, 0.3) is 5.91 Å². The number of carbonyl (C=O) groups is 2. The number of likely N-dealkylation sites (tertiary alicyclic amines) is 1. The molecule has 2 fully saturated rings. The fraction of sp³-hybridized carbons (Fsp3) is 0.542. The average molecular weight is 455 g/mol. The summed E-state index contributed by atoms with van der Waals surface area (Å²) in [7, 11) is 0. The van der Waals surface area contributed by atoms with E-state index >= 15 is 0 Å². The zero-order chi connectivity index (χ0) is 22.3. The number of thiazole rings is 1. The molecular weight excluding hydrogens is 424 g/mol. The summed E-state index contributed by atoms with van der Waals surface area (Å²) in [5, 5.41) is 6.30. The van der Waals surface area contributed by atoms with Crippen molar-refractivity contribution in [3.8, 4) is 0 Å². The third-order valence-electron chi connectivity index (χ3n) is 7.07. The molecule has 1 unspecified atom stereocenters. The summed E-state index contributed by atoms with van der Waals surface area (Å²) in [6.07, 6.45) is 3.36. The van der Waals surface area contributed by atoms with Gasteiger partial charge in [-0.1, -0.05) is 18.2 Å². The van der Waals surface area contributed by atoms with E-state index in [1.165, 1.54) is 0 Å². The van der Waals surface area contributed by atoms with Crippen LogP contribution in [0.5, 0.6) is 0 Å². The standard InChI is InChI=1S/C24H30N4O3S/c1-16(2)28-23(30)19-6-4-3-5-18(19)21(22(29)26-17-14-31-15-17)24(28)7-10-27(11-8-24)13-20-25-9-12-32-20/h3-6,9,12,16-17,21H,7-8,10-11,13-15H2,1-2H3,(H,26,29). The van der Waals surface area contributed by atoms with Gasteiger partial charge in [0, 0.05) is 36.3 Å². The van der Waals surface area contributed by atoms with Gasteiger partial charge in [-0.3, -0.25) is 14.5 Å². The van der Waals surface area contributed by atoms with Crippen LogP contribution in [0.1, 0.15) is 53.5 Å². The number of nitrogens with zero attached hydrogens (tertiary/aromatic N) is 3.